The number of nitrogens with zero attached hydrogens (tertiary/aromatic N) is 1. The molecule has 1 saturated heterocycles. The lowest BCUT2D eigenvalue weighted by molar-refractivity contribution is -0.140. The van der Waals surface area contributed by atoms with Crippen molar-refractivity contribution < 1.29 is 14.7 Å². The Labute approximate surface area is 114 Å². The lowest BCUT2D eigenvalue weighted by Crippen LogP contribution is -2.50. The van der Waals surface area contributed by atoms with E-state index < -0.39 is 18.0 Å². The first-order chi connectivity index (χ1) is 8.90. The Balaban J connectivity index is 2.32. The Morgan fingerprint density at radius 3 is 2.63 bits per heavy atom. The fourth-order valence-electron chi connectivity index (χ4n) is 2.38. The van der Waals surface area contributed by atoms with E-state index >= 15 is 0 Å². The molecule has 6 heteroatoms. The Kier molecular flexibility index (Phi) is 6.08. The average molecular weight is 271 g/mol. The van der Waals surface area contributed by atoms with E-state index in [1.807, 2.05) is 0 Å². The Morgan fingerprint density at radius 1 is 1.42 bits per heavy atom. The van der Waals surface area contributed by atoms with Crippen molar-refractivity contribution in [2.45, 2.75) is 32.7 Å². The van der Waals surface area contributed by atoms with Gasteiger partial charge in [-0.2, -0.15) is 0 Å². The van der Waals surface area contributed by atoms with Gasteiger partial charge in [0.25, 0.3) is 0 Å². The van der Waals surface area contributed by atoms with Gasteiger partial charge in [0.1, 0.15) is 6.04 Å². The van der Waals surface area contributed by atoms with E-state index in [0.717, 1.165) is 25.9 Å². The van der Waals surface area contributed by atoms with Crippen molar-refractivity contribution in [2.75, 3.05) is 26.7 Å². The van der Waals surface area contributed by atoms with E-state index in [1.165, 1.54) is 0 Å². The molecule has 0 aromatic rings. The molecular formula is C13H25N3O3. The summed E-state index contributed by atoms with van der Waals surface area (Å²) in [7, 11) is 2.07. The van der Waals surface area contributed by atoms with Gasteiger partial charge in [0.05, 0.1) is 0 Å². The molecule has 0 aliphatic carbocycles. The Hall–Kier alpha value is -1.30. The number of carbonyl (C=O) groups is 2. The zero-order valence-electron chi connectivity index (χ0n) is 12.0. The molecule has 1 aliphatic rings. The molecule has 0 saturated carbocycles. The van der Waals surface area contributed by atoms with Crippen molar-refractivity contribution in [3.63, 3.8) is 0 Å². The van der Waals surface area contributed by atoms with Gasteiger partial charge in [-0.1, -0.05) is 13.8 Å². The minimum absolute atomic E-state index is 0.135. The Morgan fingerprint density at radius 2 is 2.11 bits per heavy atom. The van der Waals surface area contributed by atoms with Gasteiger partial charge in [-0.25, -0.2) is 9.59 Å². The maximum atomic E-state index is 11.7. The molecule has 0 bridgehead atoms. The number of carboxylic acids is 1. The molecule has 1 rings (SSSR count). The van der Waals surface area contributed by atoms with Crippen LogP contribution in [0.5, 0.6) is 0 Å². The second kappa shape index (κ2) is 7.33. The van der Waals surface area contributed by atoms with E-state index in [-0.39, 0.29) is 5.92 Å². The van der Waals surface area contributed by atoms with Crippen LogP contribution >= 0.6 is 0 Å². The molecule has 0 aromatic carbocycles. The van der Waals surface area contributed by atoms with Gasteiger partial charge in [0.15, 0.2) is 0 Å². The number of piperidine rings is 1. The Bertz CT molecular complexity index is 320. The highest BCUT2D eigenvalue weighted by Crippen LogP contribution is 2.13. The predicted octanol–water partition coefficient (Wildman–Crippen LogP) is 0.737. The summed E-state index contributed by atoms with van der Waals surface area (Å²) in [6, 6.07) is -1.23. The molecule has 2 amide bonds. The monoisotopic (exact) mass is 271 g/mol. The summed E-state index contributed by atoms with van der Waals surface area (Å²) in [6.45, 7) is 6.23. The van der Waals surface area contributed by atoms with Crippen LogP contribution in [0.4, 0.5) is 4.79 Å². The minimum atomic E-state index is -0.998. The molecule has 110 valence electrons. The van der Waals surface area contributed by atoms with Crippen molar-refractivity contribution in [3.05, 3.63) is 0 Å². The molecule has 0 aromatic heterocycles. The summed E-state index contributed by atoms with van der Waals surface area (Å²) < 4.78 is 0. The summed E-state index contributed by atoms with van der Waals surface area (Å²) in [4.78, 5) is 24.9. The van der Waals surface area contributed by atoms with Crippen LogP contribution in [0.2, 0.25) is 0 Å². The summed E-state index contributed by atoms with van der Waals surface area (Å²) in [6.07, 6.45) is 2.26. The molecule has 1 aliphatic heterocycles. The molecule has 19 heavy (non-hydrogen) atoms. The highest BCUT2D eigenvalue weighted by molar-refractivity contribution is 5.82. The van der Waals surface area contributed by atoms with Crippen LogP contribution in [0.15, 0.2) is 0 Å². The van der Waals surface area contributed by atoms with E-state index in [4.69, 9.17) is 5.11 Å². The number of nitrogens with one attached hydrogen (secondary N) is 2. The van der Waals surface area contributed by atoms with Gasteiger partial charge < -0.3 is 20.6 Å². The maximum absolute atomic E-state index is 11.7. The first kappa shape index (κ1) is 15.8. The minimum Gasteiger partial charge on any atom is -0.480 e. The van der Waals surface area contributed by atoms with Crippen LogP contribution in [0, 0.1) is 11.8 Å². The molecule has 1 heterocycles. The normalized spacial score (nSPS) is 22.0. The lowest BCUT2D eigenvalue weighted by Gasteiger charge is -2.29. The first-order valence-corrected chi connectivity index (χ1v) is 6.86. The maximum Gasteiger partial charge on any atom is 0.326 e. The van der Waals surface area contributed by atoms with Gasteiger partial charge >= 0.3 is 12.0 Å². The zero-order valence-corrected chi connectivity index (χ0v) is 12.0. The fourth-order valence-corrected chi connectivity index (χ4v) is 2.38. The van der Waals surface area contributed by atoms with E-state index in [0.29, 0.717) is 12.5 Å². The molecule has 1 unspecified atom stereocenters. The van der Waals surface area contributed by atoms with Crippen LogP contribution in [0.25, 0.3) is 0 Å². The third-order valence-corrected chi connectivity index (χ3v) is 3.49. The second-order valence-electron chi connectivity index (χ2n) is 5.68. The summed E-state index contributed by atoms with van der Waals surface area (Å²) in [5.74, 6) is -0.682. The van der Waals surface area contributed by atoms with Gasteiger partial charge in [0.2, 0.25) is 0 Å². The third kappa shape index (κ3) is 5.46. The molecule has 6 nitrogen and oxygen atoms in total. The van der Waals surface area contributed by atoms with Gasteiger partial charge in [0, 0.05) is 13.1 Å². The first-order valence-electron chi connectivity index (χ1n) is 6.86. The number of carboxylic acid groups (broad SMARTS) is 1. The molecule has 0 spiro atoms. The van der Waals surface area contributed by atoms with Gasteiger partial charge in [-0.15, -0.1) is 0 Å². The van der Waals surface area contributed by atoms with E-state index in [9.17, 15) is 9.59 Å². The SMILES string of the molecule is CC(C)[C@@H](NC(=O)NCC1CCCN(C)C1)C(=O)O. The number of aliphatic carboxylic acids is 1. The van der Waals surface area contributed by atoms with Crippen molar-refractivity contribution in [1.29, 1.82) is 0 Å². The third-order valence-electron chi connectivity index (χ3n) is 3.49. The quantitative estimate of drug-likeness (QED) is 0.689. The predicted molar refractivity (Wildman–Crippen MR) is 73.0 cm³/mol. The number of hydrogen-bond donors (Lipinski definition) is 3. The molecular weight excluding hydrogens is 246 g/mol. The lowest BCUT2D eigenvalue weighted by atomic mass is 9.98. The summed E-state index contributed by atoms with van der Waals surface area (Å²) >= 11 is 0. The zero-order chi connectivity index (χ0) is 14.4. The van der Waals surface area contributed by atoms with Crippen molar-refractivity contribution in [1.82, 2.24) is 15.5 Å². The van der Waals surface area contributed by atoms with Crippen LogP contribution < -0.4 is 10.6 Å². The summed E-state index contributed by atoms with van der Waals surface area (Å²) in [5.41, 5.74) is 0. The molecule has 3 N–H and O–H groups in total. The van der Waals surface area contributed by atoms with Crippen molar-refractivity contribution in [3.8, 4) is 0 Å². The highest BCUT2D eigenvalue weighted by Gasteiger charge is 2.24. The summed E-state index contributed by atoms with van der Waals surface area (Å²) in [5, 5.41) is 14.3. The molecule has 1 fully saturated rings. The number of rotatable bonds is 5. The highest BCUT2D eigenvalue weighted by atomic mass is 16.4. The standard InChI is InChI=1S/C13H25N3O3/c1-9(2)11(12(17)18)15-13(19)14-7-10-5-4-6-16(3)8-10/h9-11H,4-8H2,1-3H3,(H,17,18)(H2,14,15,19)/t10?,11-/m1/s1. The molecule has 2 atom stereocenters. The second-order valence-corrected chi connectivity index (χ2v) is 5.68. The van der Waals surface area contributed by atoms with Crippen molar-refractivity contribution in [2.24, 2.45) is 11.8 Å². The smallest absolute Gasteiger partial charge is 0.326 e. The number of carbonyl (C=O) groups excluding carboxylic acids is 1. The van der Waals surface area contributed by atoms with Crippen LogP contribution in [0.3, 0.4) is 0 Å². The number of amides is 2. The molecule has 0 radical (unpaired) electrons. The van der Waals surface area contributed by atoms with Crippen LogP contribution in [-0.2, 0) is 4.79 Å². The van der Waals surface area contributed by atoms with Crippen LogP contribution in [0.1, 0.15) is 26.7 Å². The topological polar surface area (TPSA) is 81.7 Å². The van der Waals surface area contributed by atoms with Crippen molar-refractivity contribution >= 4 is 12.0 Å². The van der Waals surface area contributed by atoms with Gasteiger partial charge in [-0.05, 0) is 38.3 Å². The number of urea groups is 1. The van der Waals surface area contributed by atoms with E-state index in [2.05, 4.69) is 22.6 Å². The largest absolute Gasteiger partial charge is 0.480 e. The fraction of sp³-hybridized carbons (Fsp3) is 0.846. The van der Waals surface area contributed by atoms with E-state index in [1.54, 1.807) is 13.8 Å². The van der Waals surface area contributed by atoms with Gasteiger partial charge in [-0.3, -0.25) is 0 Å². The average Bonchev–Trinajstić information content (AvgIpc) is 2.32. The number of hydrogen-bond acceptors (Lipinski definition) is 3. The van der Waals surface area contributed by atoms with Crippen LogP contribution in [-0.4, -0.2) is 54.7 Å². The number of likely N-dealkylation sites (tertiary alicyclic amines) is 1.